The van der Waals surface area contributed by atoms with Gasteiger partial charge in [-0.2, -0.15) is 0 Å². The second-order valence-corrected chi connectivity index (χ2v) is 4.41. The van der Waals surface area contributed by atoms with E-state index in [0.717, 1.165) is 0 Å². The maximum atomic E-state index is 11.1. The molecule has 0 aromatic carbocycles. The van der Waals surface area contributed by atoms with Gasteiger partial charge in [-0.05, 0) is 0 Å². The fraction of sp³-hybridized carbons (Fsp3) is 0.727. The van der Waals surface area contributed by atoms with Crippen molar-refractivity contribution in [2.75, 3.05) is 6.61 Å². The Kier molecular flexibility index (Phi) is 5.56. The van der Waals surface area contributed by atoms with Crippen LogP contribution in [-0.2, 0) is 33.3 Å². The molecule has 0 radical (unpaired) electrons. The number of ether oxygens (including phenoxy) is 4. The summed E-state index contributed by atoms with van der Waals surface area (Å²) in [5.41, 5.74) is -0.978. The van der Waals surface area contributed by atoms with Crippen molar-refractivity contribution >= 4 is 29.5 Å². The molecule has 1 fully saturated rings. The Morgan fingerprint density at radius 2 is 1.53 bits per heavy atom. The standard InChI is InChI=1S/C11H15ClO7/c1-5(13)16-4-8-9(17-6(2)14)10(11(12)19-8)18-7(3)15/h8-11H,4H2,1-3H3/t8-,9-,10-,11-/m1/s1. The van der Waals surface area contributed by atoms with E-state index in [1.54, 1.807) is 0 Å². The number of esters is 3. The van der Waals surface area contributed by atoms with Gasteiger partial charge in [0.2, 0.25) is 0 Å². The summed E-state index contributed by atoms with van der Waals surface area (Å²) in [6.45, 7) is 3.49. The predicted molar refractivity (Wildman–Crippen MR) is 62.3 cm³/mol. The summed E-state index contributed by atoms with van der Waals surface area (Å²) in [5.74, 6) is -1.67. The van der Waals surface area contributed by atoms with Crippen molar-refractivity contribution in [3.63, 3.8) is 0 Å². The molecule has 0 aliphatic carbocycles. The van der Waals surface area contributed by atoms with Crippen LogP contribution in [0.1, 0.15) is 20.8 Å². The molecule has 0 bridgehead atoms. The lowest BCUT2D eigenvalue weighted by atomic mass is 10.1. The molecule has 0 aromatic rings. The third kappa shape index (κ3) is 4.68. The molecule has 7 nitrogen and oxygen atoms in total. The molecule has 4 atom stereocenters. The molecule has 1 aliphatic heterocycles. The van der Waals surface area contributed by atoms with Gasteiger partial charge in [0.05, 0.1) is 0 Å². The number of rotatable bonds is 4. The Morgan fingerprint density at radius 3 is 2.00 bits per heavy atom. The van der Waals surface area contributed by atoms with Crippen LogP contribution in [0.25, 0.3) is 0 Å². The molecule has 0 N–H and O–H groups in total. The minimum absolute atomic E-state index is 0.145. The van der Waals surface area contributed by atoms with E-state index in [4.69, 9.17) is 30.5 Å². The Hall–Kier alpha value is -1.34. The van der Waals surface area contributed by atoms with E-state index in [2.05, 4.69) is 0 Å². The van der Waals surface area contributed by atoms with Crippen molar-refractivity contribution in [2.45, 2.75) is 44.6 Å². The normalized spacial score (nSPS) is 29.7. The molecule has 0 spiro atoms. The zero-order chi connectivity index (χ0) is 14.6. The van der Waals surface area contributed by atoms with E-state index >= 15 is 0 Å². The minimum Gasteiger partial charge on any atom is -0.463 e. The second-order valence-electron chi connectivity index (χ2n) is 3.98. The van der Waals surface area contributed by atoms with Crippen LogP contribution in [0.3, 0.4) is 0 Å². The lowest BCUT2D eigenvalue weighted by Gasteiger charge is -2.22. The van der Waals surface area contributed by atoms with Crippen LogP contribution in [0.4, 0.5) is 0 Å². The molecule has 0 aromatic heterocycles. The van der Waals surface area contributed by atoms with Crippen LogP contribution in [0.2, 0.25) is 0 Å². The average Bonchev–Trinajstić information content (AvgIpc) is 2.53. The van der Waals surface area contributed by atoms with Gasteiger partial charge < -0.3 is 18.9 Å². The monoisotopic (exact) mass is 294 g/mol. The predicted octanol–water partition coefficient (Wildman–Crippen LogP) is 0.377. The Bertz CT molecular complexity index is 370. The van der Waals surface area contributed by atoms with Gasteiger partial charge in [0.1, 0.15) is 12.7 Å². The van der Waals surface area contributed by atoms with Gasteiger partial charge in [-0.25, -0.2) is 0 Å². The molecule has 1 rings (SSSR count). The zero-order valence-corrected chi connectivity index (χ0v) is 11.5. The SMILES string of the molecule is CC(=O)OC[C@H]1O[C@@H](Cl)[C@H](OC(C)=O)[C@@H]1OC(C)=O. The highest BCUT2D eigenvalue weighted by Gasteiger charge is 2.48. The molecule has 19 heavy (non-hydrogen) atoms. The largest absolute Gasteiger partial charge is 0.463 e. The van der Waals surface area contributed by atoms with Crippen molar-refractivity contribution in [1.29, 1.82) is 0 Å². The van der Waals surface area contributed by atoms with Crippen LogP contribution in [0.15, 0.2) is 0 Å². The van der Waals surface area contributed by atoms with Crippen molar-refractivity contribution in [3.8, 4) is 0 Å². The van der Waals surface area contributed by atoms with Gasteiger partial charge in [-0.3, -0.25) is 14.4 Å². The first-order chi connectivity index (χ1) is 8.81. The average molecular weight is 295 g/mol. The molecule has 1 aliphatic rings. The molecule has 0 saturated carbocycles. The highest BCUT2D eigenvalue weighted by molar-refractivity contribution is 6.20. The number of hydrogen-bond donors (Lipinski definition) is 0. The highest BCUT2D eigenvalue weighted by atomic mass is 35.5. The first-order valence-electron chi connectivity index (χ1n) is 5.58. The molecule has 8 heteroatoms. The molecule has 1 heterocycles. The second kappa shape index (κ2) is 6.72. The molecule has 0 unspecified atom stereocenters. The summed E-state index contributed by atoms with van der Waals surface area (Å²) in [6.07, 6.45) is -2.63. The fourth-order valence-corrected chi connectivity index (χ4v) is 1.99. The molecule has 108 valence electrons. The van der Waals surface area contributed by atoms with Crippen LogP contribution >= 0.6 is 11.6 Å². The van der Waals surface area contributed by atoms with E-state index in [9.17, 15) is 14.4 Å². The summed E-state index contributed by atoms with van der Waals surface area (Å²) in [5, 5.41) is 0. The molecule has 0 amide bonds. The number of carbonyl (C=O) groups excluding carboxylic acids is 3. The van der Waals surface area contributed by atoms with E-state index in [-0.39, 0.29) is 6.61 Å². The van der Waals surface area contributed by atoms with E-state index in [1.807, 2.05) is 0 Å². The van der Waals surface area contributed by atoms with Crippen LogP contribution < -0.4 is 0 Å². The van der Waals surface area contributed by atoms with Gasteiger partial charge in [0.25, 0.3) is 0 Å². The summed E-state index contributed by atoms with van der Waals surface area (Å²) >= 11 is 5.88. The number of alkyl halides is 1. The van der Waals surface area contributed by atoms with Gasteiger partial charge >= 0.3 is 17.9 Å². The Morgan fingerprint density at radius 1 is 1.00 bits per heavy atom. The quantitative estimate of drug-likeness (QED) is 0.420. The smallest absolute Gasteiger partial charge is 0.303 e. The number of hydrogen-bond acceptors (Lipinski definition) is 7. The van der Waals surface area contributed by atoms with Gasteiger partial charge in [-0.1, -0.05) is 11.6 Å². The Balaban J connectivity index is 2.76. The summed E-state index contributed by atoms with van der Waals surface area (Å²) in [7, 11) is 0. The lowest BCUT2D eigenvalue weighted by Crippen LogP contribution is -2.40. The van der Waals surface area contributed by atoms with Crippen LogP contribution in [0.5, 0.6) is 0 Å². The van der Waals surface area contributed by atoms with Gasteiger partial charge in [-0.15, -0.1) is 0 Å². The van der Waals surface area contributed by atoms with E-state index in [0.29, 0.717) is 0 Å². The molecular weight excluding hydrogens is 280 g/mol. The van der Waals surface area contributed by atoms with Crippen LogP contribution in [0, 0.1) is 0 Å². The minimum atomic E-state index is -0.978. The lowest BCUT2D eigenvalue weighted by molar-refractivity contribution is -0.165. The van der Waals surface area contributed by atoms with Crippen molar-refractivity contribution < 1.29 is 33.3 Å². The van der Waals surface area contributed by atoms with Crippen LogP contribution in [-0.4, -0.2) is 48.4 Å². The third-order valence-corrected chi connectivity index (χ3v) is 2.66. The maximum Gasteiger partial charge on any atom is 0.303 e. The summed E-state index contributed by atoms with van der Waals surface area (Å²) in [6, 6.07) is 0. The van der Waals surface area contributed by atoms with E-state index < -0.39 is 41.8 Å². The molecule has 1 saturated heterocycles. The maximum absolute atomic E-state index is 11.1. The van der Waals surface area contributed by atoms with Crippen molar-refractivity contribution in [1.82, 2.24) is 0 Å². The van der Waals surface area contributed by atoms with Gasteiger partial charge in [0.15, 0.2) is 17.8 Å². The number of halogens is 1. The summed E-state index contributed by atoms with van der Waals surface area (Å²) < 4.78 is 20.0. The highest BCUT2D eigenvalue weighted by Crippen LogP contribution is 2.29. The third-order valence-electron chi connectivity index (χ3n) is 2.31. The Labute approximate surface area is 115 Å². The molecular formula is C11H15ClO7. The first kappa shape index (κ1) is 15.7. The summed E-state index contributed by atoms with van der Waals surface area (Å²) in [4.78, 5) is 32.8. The van der Waals surface area contributed by atoms with E-state index in [1.165, 1.54) is 20.8 Å². The fourth-order valence-electron chi connectivity index (χ4n) is 1.66. The topological polar surface area (TPSA) is 88.1 Å². The zero-order valence-electron chi connectivity index (χ0n) is 10.8. The van der Waals surface area contributed by atoms with Gasteiger partial charge in [0, 0.05) is 20.8 Å². The van der Waals surface area contributed by atoms with Crippen molar-refractivity contribution in [3.05, 3.63) is 0 Å². The first-order valence-corrected chi connectivity index (χ1v) is 6.02. The number of carbonyl (C=O) groups is 3. The van der Waals surface area contributed by atoms with Crippen molar-refractivity contribution in [2.24, 2.45) is 0 Å².